The molecule has 0 bridgehead atoms. The summed E-state index contributed by atoms with van der Waals surface area (Å²) < 4.78 is 2.02. The molecule has 0 amide bonds. The van der Waals surface area contributed by atoms with E-state index < -0.39 is 0 Å². The molecule has 0 saturated carbocycles. The molecule has 3 rings (SSSR count). The summed E-state index contributed by atoms with van der Waals surface area (Å²) in [5.74, 6) is 0. The average Bonchev–Trinajstić information content (AvgIpc) is 2.79. The van der Waals surface area contributed by atoms with E-state index in [1.54, 1.807) is 0 Å². The molecular formula is C11H11N3. The molecular weight excluding hydrogens is 174 g/mol. The van der Waals surface area contributed by atoms with Gasteiger partial charge in [-0.1, -0.05) is 35.5 Å². The van der Waals surface area contributed by atoms with Crippen LogP contribution in [0.2, 0.25) is 0 Å². The molecule has 0 radical (unpaired) electrons. The molecule has 0 saturated heterocycles. The first-order valence-electron chi connectivity index (χ1n) is 4.93. The summed E-state index contributed by atoms with van der Waals surface area (Å²) in [5.41, 5.74) is 3.52. The Morgan fingerprint density at radius 2 is 2.00 bits per heavy atom. The summed E-state index contributed by atoms with van der Waals surface area (Å²) >= 11 is 0. The van der Waals surface area contributed by atoms with E-state index in [2.05, 4.69) is 22.4 Å². The predicted molar refractivity (Wildman–Crippen MR) is 53.8 cm³/mol. The quantitative estimate of drug-likeness (QED) is 0.679. The third-order valence-electron chi connectivity index (χ3n) is 2.67. The maximum absolute atomic E-state index is 4.22. The number of rotatable bonds is 1. The smallest absolute Gasteiger partial charge is 0.116 e. The fourth-order valence-electron chi connectivity index (χ4n) is 1.98. The maximum Gasteiger partial charge on any atom is 0.116 e. The second-order valence-electron chi connectivity index (χ2n) is 3.58. The largest absolute Gasteiger partial charge is 0.249 e. The summed E-state index contributed by atoms with van der Waals surface area (Å²) in [6.07, 6.45) is 2.31. The van der Waals surface area contributed by atoms with Crippen LogP contribution in [0.5, 0.6) is 0 Å². The lowest BCUT2D eigenvalue weighted by atomic mass is 10.1. The molecule has 3 nitrogen and oxygen atoms in total. The number of aryl methyl sites for hydroxylation is 1. The summed E-state index contributed by atoms with van der Waals surface area (Å²) in [4.78, 5) is 0. The fraction of sp³-hybridized carbons (Fsp3) is 0.273. The lowest BCUT2D eigenvalue weighted by Gasteiger charge is -1.97. The standard InChI is InChI=1S/C11H11N3/c1-2-5-9(6-3-1)11-10-7-4-8-14(10)13-12-11/h1-3,5-6H,4,7-8H2. The zero-order valence-corrected chi connectivity index (χ0v) is 7.85. The zero-order chi connectivity index (χ0) is 9.38. The highest BCUT2D eigenvalue weighted by molar-refractivity contribution is 5.61. The fourth-order valence-corrected chi connectivity index (χ4v) is 1.98. The van der Waals surface area contributed by atoms with Crippen LogP contribution in [0, 0.1) is 0 Å². The molecule has 3 heteroatoms. The Kier molecular flexibility index (Phi) is 1.63. The molecule has 1 aromatic carbocycles. The van der Waals surface area contributed by atoms with Gasteiger partial charge < -0.3 is 0 Å². The van der Waals surface area contributed by atoms with E-state index in [4.69, 9.17) is 0 Å². The minimum Gasteiger partial charge on any atom is -0.249 e. The van der Waals surface area contributed by atoms with Gasteiger partial charge >= 0.3 is 0 Å². The molecule has 14 heavy (non-hydrogen) atoms. The summed E-state index contributed by atoms with van der Waals surface area (Å²) in [5, 5.41) is 8.36. The van der Waals surface area contributed by atoms with Crippen molar-refractivity contribution in [2.24, 2.45) is 0 Å². The molecule has 2 heterocycles. The van der Waals surface area contributed by atoms with Crippen molar-refractivity contribution >= 4 is 0 Å². The average molecular weight is 185 g/mol. The molecule has 0 fully saturated rings. The van der Waals surface area contributed by atoms with Crippen LogP contribution in [0.4, 0.5) is 0 Å². The molecule has 0 aliphatic carbocycles. The van der Waals surface area contributed by atoms with Gasteiger partial charge in [-0.15, -0.1) is 5.10 Å². The second-order valence-corrected chi connectivity index (χ2v) is 3.58. The van der Waals surface area contributed by atoms with Crippen LogP contribution < -0.4 is 0 Å². The van der Waals surface area contributed by atoms with Gasteiger partial charge in [-0.05, 0) is 12.8 Å². The minimum absolute atomic E-state index is 1.02. The lowest BCUT2D eigenvalue weighted by molar-refractivity contribution is 0.623. The SMILES string of the molecule is c1ccc(-c2nnn3c2CCC3)cc1. The van der Waals surface area contributed by atoms with Gasteiger partial charge in [0.2, 0.25) is 0 Å². The summed E-state index contributed by atoms with van der Waals surface area (Å²) in [7, 11) is 0. The Morgan fingerprint density at radius 3 is 2.86 bits per heavy atom. The first-order valence-corrected chi connectivity index (χ1v) is 4.93. The molecule has 2 aromatic rings. The van der Waals surface area contributed by atoms with Crippen molar-refractivity contribution in [3.05, 3.63) is 36.0 Å². The van der Waals surface area contributed by atoms with E-state index >= 15 is 0 Å². The molecule has 0 unspecified atom stereocenters. The number of benzene rings is 1. The van der Waals surface area contributed by atoms with E-state index in [0.717, 1.165) is 18.7 Å². The van der Waals surface area contributed by atoms with Gasteiger partial charge in [-0.3, -0.25) is 0 Å². The van der Waals surface area contributed by atoms with Crippen molar-refractivity contribution in [2.75, 3.05) is 0 Å². The Bertz CT molecular complexity index is 445. The number of fused-ring (bicyclic) bond motifs is 1. The number of nitrogens with zero attached hydrogens (tertiary/aromatic N) is 3. The van der Waals surface area contributed by atoms with E-state index in [9.17, 15) is 0 Å². The van der Waals surface area contributed by atoms with Crippen LogP contribution >= 0.6 is 0 Å². The van der Waals surface area contributed by atoms with Crippen molar-refractivity contribution < 1.29 is 0 Å². The maximum atomic E-state index is 4.22. The Balaban J connectivity index is 2.13. The van der Waals surface area contributed by atoms with Gasteiger partial charge in [0.25, 0.3) is 0 Å². The molecule has 0 N–H and O–H groups in total. The van der Waals surface area contributed by atoms with Gasteiger partial charge in [-0.2, -0.15) is 0 Å². The highest BCUT2D eigenvalue weighted by atomic mass is 15.4. The first-order chi connectivity index (χ1) is 6.95. The summed E-state index contributed by atoms with van der Waals surface area (Å²) in [6, 6.07) is 10.3. The van der Waals surface area contributed by atoms with Crippen LogP contribution in [-0.4, -0.2) is 15.0 Å². The third-order valence-corrected chi connectivity index (χ3v) is 2.67. The van der Waals surface area contributed by atoms with Crippen LogP contribution in [0.25, 0.3) is 11.3 Å². The highest BCUT2D eigenvalue weighted by Gasteiger charge is 2.18. The molecule has 0 spiro atoms. The Morgan fingerprint density at radius 1 is 1.14 bits per heavy atom. The molecule has 1 aliphatic heterocycles. The number of hydrogen-bond acceptors (Lipinski definition) is 2. The lowest BCUT2D eigenvalue weighted by Crippen LogP contribution is -1.93. The van der Waals surface area contributed by atoms with E-state index in [1.807, 2.05) is 22.9 Å². The van der Waals surface area contributed by atoms with Gasteiger partial charge in [0.1, 0.15) is 5.69 Å². The molecule has 70 valence electrons. The zero-order valence-electron chi connectivity index (χ0n) is 7.85. The third kappa shape index (κ3) is 1.05. The number of hydrogen-bond donors (Lipinski definition) is 0. The Hall–Kier alpha value is -1.64. The van der Waals surface area contributed by atoms with Gasteiger partial charge in [0, 0.05) is 12.1 Å². The Labute approximate surface area is 82.4 Å². The second kappa shape index (κ2) is 2.94. The minimum atomic E-state index is 1.02. The van der Waals surface area contributed by atoms with Crippen molar-refractivity contribution in [3.8, 4) is 11.3 Å². The highest BCUT2D eigenvalue weighted by Crippen LogP contribution is 2.25. The van der Waals surface area contributed by atoms with Crippen molar-refractivity contribution in [2.45, 2.75) is 19.4 Å². The normalized spacial score (nSPS) is 14.3. The van der Waals surface area contributed by atoms with E-state index in [1.165, 1.54) is 17.7 Å². The van der Waals surface area contributed by atoms with Crippen LogP contribution in [-0.2, 0) is 13.0 Å². The summed E-state index contributed by atoms with van der Waals surface area (Å²) in [6.45, 7) is 1.02. The van der Waals surface area contributed by atoms with Crippen LogP contribution in [0.1, 0.15) is 12.1 Å². The van der Waals surface area contributed by atoms with E-state index in [0.29, 0.717) is 0 Å². The van der Waals surface area contributed by atoms with Gasteiger partial charge in [-0.25, -0.2) is 4.68 Å². The van der Waals surface area contributed by atoms with Crippen LogP contribution in [0.3, 0.4) is 0 Å². The molecule has 1 aromatic heterocycles. The van der Waals surface area contributed by atoms with Crippen molar-refractivity contribution in [1.82, 2.24) is 15.0 Å². The van der Waals surface area contributed by atoms with Crippen molar-refractivity contribution in [1.29, 1.82) is 0 Å². The predicted octanol–water partition coefficient (Wildman–Crippen LogP) is 1.89. The van der Waals surface area contributed by atoms with Crippen LogP contribution in [0.15, 0.2) is 30.3 Å². The monoisotopic (exact) mass is 185 g/mol. The topological polar surface area (TPSA) is 30.7 Å². The molecule has 0 atom stereocenters. The first kappa shape index (κ1) is 7.74. The molecule has 1 aliphatic rings. The van der Waals surface area contributed by atoms with Crippen molar-refractivity contribution in [3.63, 3.8) is 0 Å². The van der Waals surface area contributed by atoms with Gasteiger partial charge in [0.05, 0.1) is 5.69 Å². The van der Waals surface area contributed by atoms with E-state index in [-0.39, 0.29) is 0 Å². The van der Waals surface area contributed by atoms with Gasteiger partial charge in [0.15, 0.2) is 0 Å². The number of aromatic nitrogens is 3.